The number of benzene rings is 2. The molecular weight excluding hydrogens is 416 g/mol. The zero-order valence-electron chi connectivity index (χ0n) is 19.1. The Morgan fingerprint density at radius 2 is 1.79 bits per heavy atom. The van der Waals surface area contributed by atoms with Crippen LogP contribution in [0.2, 0.25) is 0 Å². The fourth-order valence-corrected chi connectivity index (χ4v) is 4.10. The molecular formula is C26H30N4O3. The molecule has 33 heavy (non-hydrogen) atoms. The highest BCUT2D eigenvalue weighted by Gasteiger charge is 2.23. The minimum atomic E-state index is -0.503. The van der Waals surface area contributed by atoms with E-state index in [0.29, 0.717) is 5.69 Å². The Kier molecular flexibility index (Phi) is 7.22. The van der Waals surface area contributed by atoms with Gasteiger partial charge in [-0.1, -0.05) is 54.1 Å². The van der Waals surface area contributed by atoms with E-state index in [0.717, 1.165) is 49.2 Å². The smallest absolute Gasteiger partial charge is 0.356 e. The van der Waals surface area contributed by atoms with Gasteiger partial charge in [0, 0.05) is 43.6 Å². The van der Waals surface area contributed by atoms with Crippen molar-refractivity contribution in [3.63, 3.8) is 0 Å². The van der Waals surface area contributed by atoms with E-state index in [1.165, 1.54) is 12.7 Å². The van der Waals surface area contributed by atoms with Crippen molar-refractivity contribution in [2.75, 3.05) is 51.7 Å². The highest BCUT2D eigenvalue weighted by molar-refractivity contribution is 6.11. The summed E-state index contributed by atoms with van der Waals surface area (Å²) in [6.45, 7) is 6.62. The van der Waals surface area contributed by atoms with E-state index in [1.807, 2.05) is 43.3 Å². The summed E-state index contributed by atoms with van der Waals surface area (Å²) in [6, 6.07) is 16.1. The van der Waals surface area contributed by atoms with Gasteiger partial charge in [-0.15, -0.1) is 0 Å². The highest BCUT2D eigenvalue weighted by atomic mass is 16.5. The maximum atomic E-state index is 12.8. The third-order valence-corrected chi connectivity index (χ3v) is 5.91. The first-order chi connectivity index (χ1) is 16.0. The van der Waals surface area contributed by atoms with Crippen LogP contribution >= 0.6 is 0 Å². The number of hydrogen-bond acceptors (Lipinski definition) is 5. The quantitative estimate of drug-likeness (QED) is 0.543. The van der Waals surface area contributed by atoms with Crippen molar-refractivity contribution in [2.24, 2.45) is 0 Å². The predicted molar refractivity (Wildman–Crippen MR) is 131 cm³/mol. The van der Waals surface area contributed by atoms with Crippen LogP contribution in [0.5, 0.6) is 0 Å². The molecule has 2 N–H and O–H groups in total. The summed E-state index contributed by atoms with van der Waals surface area (Å²) in [7, 11) is 1.33. The van der Waals surface area contributed by atoms with Crippen LogP contribution < -0.4 is 5.32 Å². The van der Waals surface area contributed by atoms with Crippen LogP contribution in [0.1, 0.15) is 21.6 Å². The van der Waals surface area contributed by atoms with E-state index >= 15 is 0 Å². The molecule has 4 rings (SSSR count). The number of nitrogens with one attached hydrogen (secondary N) is 2. The van der Waals surface area contributed by atoms with E-state index in [1.54, 1.807) is 0 Å². The second kappa shape index (κ2) is 10.5. The lowest BCUT2D eigenvalue weighted by atomic mass is 10.1. The van der Waals surface area contributed by atoms with Gasteiger partial charge in [0.1, 0.15) is 5.69 Å². The number of H-pyrrole nitrogens is 1. The lowest BCUT2D eigenvalue weighted by Crippen LogP contribution is -2.48. The highest BCUT2D eigenvalue weighted by Crippen LogP contribution is 2.29. The molecule has 0 aliphatic carbocycles. The molecule has 1 aromatic heterocycles. The molecule has 1 fully saturated rings. The number of aryl methyl sites for hydroxylation is 1. The molecule has 0 bridgehead atoms. The third kappa shape index (κ3) is 5.69. The minimum Gasteiger partial charge on any atom is -0.464 e. The van der Waals surface area contributed by atoms with Gasteiger partial charge in [0.25, 0.3) is 0 Å². The van der Waals surface area contributed by atoms with Crippen LogP contribution in [0.4, 0.5) is 5.69 Å². The van der Waals surface area contributed by atoms with Gasteiger partial charge in [-0.25, -0.2) is 4.79 Å². The number of hydrogen-bond donors (Lipinski definition) is 2. The molecule has 7 nitrogen and oxygen atoms in total. The molecule has 1 aliphatic rings. The van der Waals surface area contributed by atoms with E-state index in [9.17, 15) is 9.59 Å². The summed E-state index contributed by atoms with van der Waals surface area (Å²) in [5.41, 5.74) is 3.78. The molecule has 0 atom stereocenters. The van der Waals surface area contributed by atoms with E-state index in [4.69, 9.17) is 4.74 Å². The Hall–Kier alpha value is -3.42. The number of amides is 1. The topological polar surface area (TPSA) is 77.7 Å². The molecule has 0 spiro atoms. The van der Waals surface area contributed by atoms with Crippen molar-refractivity contribution in [3.8, 4) is 0 Å². The first-order valence-electron chi connectivity index (χ1n) is 11.2. The van der Waals surface area contributed by atoms with Gasteiger partial charge in [0.05, 0.1) is 19.3 Å². The molecule has 0 unspecified atom stereocenters. The molecule has 1 saturated heterocycles. The Balaban J connectivity index is 1.33. The number of rotatable bonds is 7. The summed E-state index contributed by atoms with van der Waals surface area (Å²) in [5, 5.41) is 3.75. The Labute approximate surface area is 194 Å². The minimum absolute atomic E-state index is 0.139. The average molecular weight is 447 g/mol. The maximum Gasteiger partial charge on any atom is 0.356 e. The van der Waals surface area contributed by atoms with Crippen molar-refractivity contribution in [3.05, 3.63) is 71.4 Å². The summed E-state index contributed by atoms with van der Waals surface area (Å²) in [4.78, 5) is 32.7. The van der Waals surface area contributed by atoms with E-state index < -0.39 is 5.97 Å². The van der Waals surface area contributed by atoms with Crippen LogP contribution in [-0.4, -0.2) is 73.0 Å². The number of methoxy groups -OCH3 is 1. The molecule has 1 aliphatic heterocycles. The van der Waals surface area contributed by atoms with Crippen molar-refractivity contribution in [1.82, 2.24) is 14.8 Å². The number of carbonyl (C=O) groups is 2. The standard InChI is InChI=1S/C26H30N4O3/c1-19-10-11-22-21(17-19)24(25(27-22)26(32)33-2)28-23(31)18-30-15-13-29(14-16-30)12-6-9-20-7-4-3-5-8-20/h3-11,17,27H,12-16,18H2,1-2H3,(H,28,31)/b9-6+. The average Bonchev–Trinajstić information content (AvgIpc) is 3.17. The number of aromatic amines is 1. The number of nitrogens with zero attached hydrogens (tertiary/aromatic N) is 2. The van der Waals surface area contributed by atoms with Crippen LogP contribution in [0.3, 0.4) is 0 Å². The fourth-order valence-electron chi connectivity index (χ4n) is 4.10. The van der Waals surface area contributed by atoms with Gasteiger partial charge >= 0.3 is 5.97 Å². The number of fused-ring (bicyclic) bond motifs is 1. The summed E-state index contributed by atoms with van der Waals surface area (Å²) in [5.74, 6) is -0.642. The van der Waals surface area contributed by atoms with Gasteiger partial charge in [0.15, 0.2) is 0 Å². The number of ether oxygens (including phenoxy) is 1. The summed E-state index contributed by atoms with van der Waals surface area (Å²) in [6.07, 6.45) is 4.33. The van der Waals surface area contributed by atoms with E-state index in [2.05, 4.69) is 44.4 Å². The summed E-state index contributed by atoms with van der Waals surface area (Å²) >= 11 is 0. The number of carbonyl (C=O) groups excluding carboxylic acids is 2. The van der Waals surface area contributed by atoms with Crippen molar-refractivity contribution in [1.29, 1.82) is 0 Å². The zero-order valence-corrected chi connectivity index (χ0v) is 19.1. The predicted octanol–water partition coefficient (Wildman–Crippen LogP) is 3.53. The Morgan fingerprint density at radius 3 is 2.52 bits per heavy atom. The van der Waals surface area contributed by atoms with Crippen molar-refractivity contribution < 1.29 is 14.3 Å². The SMILES string of the molecule is COC(=O)c1[nH]c2ccc(C)cc2c1NC(=O)CN1CCN(C/C=C/c2ccccc2)CC1. The fraction of sp³-hybridized carbons (Fsp3) is 0.308. The molecule has 2 aromatic carbocycles. The zero-order chi connectivity index (χ0) is 23.2. The first-order valence-corrected chi connectivity index (χ1v) is 11.2. The maximum absolute atomic E-state index is 12.8. The number of esters is 1. The van der Waals surface area contributed by atoms with E-state index in [-0.39, 0.29) is 18.1 Å². The second-order valence-corrected chi connectivity index (χ2v) is 8.35. The molecule has 0 radical (unpaired) electrons. The lowest BCUT2D eigenvalue weighted by Gasteiger charge is -2.33. The van der Waals surface area contributed by atoms with Crippen LogP contribution in [0, 0.1) is 6.92 Å². The second-order valence-electron chi connectivity index (χ2n) is 8.35. The van der Waals surface area contributed by atoms with Gasteiger partial charge in [-0.05, 0) is 24.6 Å². The van der Waals surface area contributed by atoms with Gasteiger partial charge in [-0.2, -0.15) is 0 Å². The monoisotopic (exact) mass is 446 g/mol. The number of piperazine rings is 1. The number of anilines is 1. The molecule has 2 heterocycles. The lowest BCUT2D eigenvalue weighted by molar-refractivity contribution is -0.117. The van der Waals surface area contributed by atoms with Crippen molar-refractivity contribution in [2.45, 2.75) is 6.92 Å². The molecule has 0 saturated carbocycles. The summed E-state index contributed by atoms with van der Waals surface area (Å²) < 4.78 is 4.90. The van der Waals surface area contributed by atoms with Gasteiger partial charge < -0.3 is 15.0 Å². The molecule has 172 valence electrons. The number of aromatic nitrogens is 1. The molecule has 3 aromatic rings. The van der Waals surface area contributed by atoms with Crippen molar-refractivity contribution >= 4 is 34.5 Å². The normalized spacial score (nSPS) is 15.2. The third-order valence-electron chi connectivity index (χ3n) is 5.91. The Morgan fingerprint density at radius 1 is 1.06 bits per heavy atom. The Bertz CT molecular complexity index is 1150. The van der Waals surface area contributed by atoms with Crippen LogP contribution in [0.15, 0.2) is 54.6 Å². The van der Waals surface area contributed by atoms with Crippen LogP contribution in [-0.2, 0) is 9.53 Å². The van der Waals surface area contributed by atoms with Gasteiger partial charge in [-0.3, -0.25) is 14.6 Å². The largest absolute Gasteiger partial charge is 0.464 e. The van der Waals surface area contributed by atoms with Gasteiger partial charge in [0.2, 0.25) is 5.91 Å². The van der Waals surface area contributed by atoms with Crippen LogP contribution in [0.25, 0.3) is 17.0 Å². The molecule has 7 heteroatoms. The molecule has 1 amide bonds. The first kappa shape index (κ1) is 22.8.